The fourth-order valence-corrected chi connectivity index (χ4v) is 2.48. The molecule has 6 nitrogen and oxygen atoms in total. The van der Waals surface area contributed by atoms with E-state index in [1.807, 2.05) is 0 Å². The molecule has 0 saturated carbocycles. The molecule has 0 fully saturated rings. The molecule has 0 bridgehead atoms. The van der Waals surface area contributed by atoms with Crippen LogP contribution in [0.2, 0.25) is 10.0 Å². The van der Waals surface area contributed by atoms with Gasteiger partial charge in [-0.25, -0.2) is 0 Å². The maximum absolute atomic E-state index is 11.7. The summed E-state index contributed by atoms with van der Waals surface area (Å²) in [6.45, 7) is 1.41. The van der Waals surface area contributed by atoms with Gasteiger partial charge in [0.15, 0.2) is 12.4 Å². The Labute approximate surface area is 142 Å². The molecule has 0 saturated heterocycles. The van der Waals surface area contributed by atoms with Crippen LogP contribution in [-0.4, -0.2) is 23.4 Å². The van der Waals surface area contributed by atoms with Crippen LogP contribution >= 0.6 is 23.2 Å². The van der Waals surface area contributed by atoms with Crippen LogP contribution in [0.3, 0.4) is 0 Å². The van der Waals surface area contributed by atoms with Gasteiger partial charge in [0.1, 0.15) is 5.75 Å². The Morgan fingerprint density at radius 1 is 1.39 bits per heavy atom. The molecule has 1 aromatic carbocycles. The summed E-state index contributed by atoms with van der Waals surface area (Å²) >= 11 is 11.9. The SMILES string of the molecule is CC(=O)N1N=C(COc2ccc(Cl)cc2Cl)O[C@@H]1c1ccco1. The van der Waals surface area contributed by atoms with E-state index < -0.39 is 6.23 Å². The lowest BCUT2D eigenvalue weighted by molar-refractivity contribution is -0.136. The number of furan rings is 1. The van der Waals surface area contributed by atoms with Crippen molar-refractivity contribution in [3.05, 3.63) is 52.4 Å². The van der Waals surface area contributed by atoms with Gasteiger partial charge in [0.25, 0.3) is 6.23 Å². The van der Waals surface area contributed by atoms with E-state index in [0.29, 0.717) is 21.6 Å². The molecule has 0 aliphatic carbocycles. The number of nitrogens with zero attached hydrogens (tertiary/aromatic N) is 2. The minimum Gasteiger partial charge on any atom is -0.482 e. The zero-order valence-corrected chi connectivity index (χ0v) is 13.5. The van der Waals surface area contributed by atoms with Gasteiger partial charge in [0, 0.05) is 11.9 Å². The fourth-order valence-electron chi connectivity index (χ4n) is 2.02. The molecule has 2 aromatic rings. The number of carbonyl (C=O) groups excluding carboxylic acids is 1. The third-order valence-corrected chi connectivity index (χ3v) is 3.57. The average Bonchev–Trinajstić information content (AvgIpc) is 3.15. The molecule has 23 heavy (non-hydrogen) atoms. The molecule has 0 N–H and O–H groups in total. The normalized spacial score (nSPS) is 16.9. The molecule has 2 heterocycles. The van der Waals surface area contributed by atoms with E-state index in [0.717, 1.165) is 0 Å². The van der Waals surface area contributed by atoms with Crippen molar-refractivity contribution in [3.63, 3.8) is 0 Å². The first-order valence-corrected chi connectivity index (χ1v) is 7.45. The molecule has 1 aromatic heterocycles. The van der Waals surface area contributed by atoms with Crippen molar-refractivity contribution < 1.29 is 18.7 Å². The van der Waals surface area contributed by atoms with Gasteiger partial charge >= 0.3 is 0 Å². The molecule has 0 spiro atoms. The van der Waals surface area contributed by atoms with Crippen molar-refractivity contribution in [1.29, 1.82) is 0 Å². The number of amides is 1. The zero-order valence-electron chi connectivity index (χ0n) is 12.0. The Bertz CT molecular complexity index is 746. The smallest absolute Gasteiger partial charge is 0.254 e. The number of halogens is 2. The van der Waals surface area contributed by atoms with E-state index in [1.54, 1.807) is 30.3 Å². The fraction of sp³-hybridized carbons (Fsp3) is 0.200. The number of hydrogen-bond acceptors (Lipinski definition) is 5. The third-order valence-electron chi connectivity index (χ3n) is 3.04. The van der Waals surface area contributed by atoms with E-state index in [-0.39, 0.29) is 18.4 Å². The summed E-state index contributed by atoms with van der Waals surface area (Å²) in [6, 6.07) is 8.29. The van der Waals surface area contributed by atoms with Crippen molar-refractivity contribution in [1.82, 2.24) is 5.01 Å². The quantitative estimate of drug-likeness (QED) is 0.836. The number of benzene rings is 1. The summed E-state index contributed by atoms with van der Waals surface area (Å²) in [4.78, 5) is 11.7. The predicted molar refractivity (Wildman–Crippen MR) is 84.4 cm³/mol. The van der Waals surface area contributed by atoms with Gasteiger partial charge in [-0.15, -0.1) is 5.10 Å². The lowest BCUT2D eigenvalue weighted by atomic mass is 10.3. The topological polar surface area (TPSA) is 64.3 Å². The Hall–Kier alpha value is -2.18. The third kappa shape index (κ3) is 3.43. The Kier molecular flexibility index (Phi) is 4.45. The van der Waals surface area contributed by atoms with Crippen molar-refractivity contribution in [2.45, 2.75) is 13.2 Å². The van der Waals surface area contributed by atoms with Crippen LogP contribution in [-0.2, 0) is 9.53 Å². The summed E-state index contributed by atoms with van der Waals surface area (Å²) in [7, 11) is 0. The predicted octanol–water partition coefficient (Wildman–Crippen LogP) is 3.86. The van der Waals surface area contributed by atoms with E-state index in [9.17, 15) is 4.79 Å². The molecule has 1 aliphatic heterocycles. The molecule has 1 atom stereocenters. The maximum atomic E-state index is 11.7. The van der Waals surface area contributed by atoms with Gasteiger partial charge in [-0.05, 0) is 30.3 Å². The van der Waals surface area contributed by atoms with Crippen LogP contribution in [0.15, 0.2) is 46.1 Å². The van der Waals surface area contributed by atoms with E-state index in [1.165, 1.54) is 18.2 Å². The molecular weight excluding hydrogens is 343 g/mol. The Balaban J connectivity index is 1.71. The van der Waals surface area contributed by atoms with Gasteiger partial charge in [-0.2, -0.15) is 5.01 Å². The lowest BCUT2D eigenvalue weighted by Gasteiger charge is -2.16. The summed E-state index contributed by atoms with van der Waals surface area (Å²) in [6.07, 6.45) is 0.765. The number of carbonyl (C=O) groups is 1. The number of ether oxygens (including phenoxy) is 2. The summed E-state index contributed by atoms with van der Waals surface area (Å²) in [5, 5.41) is 6.20. The van der Waals surface area contributed by atoms with E-state index in [4.69, 9.17) is 37.1 Å². The molecular formula is C15H12Cl2N2O4. The van der Waals surface area contributed by atoms with Gasteiger partial charge in [-0.3, -0.25) is 4.79 Å². The van der Waals surface area contributed by atoms with Crippen molar-refractivity contribution in [2.75, 3.05) is 6.61 Å². The monoisotopic (exact) mass is 354 g/mol. The first-order valence-electron chi connectivity index (χ1n) is 6.70. The highest BCUT2D eigenvalue weighted by Gasteiger charge is 2.34. The van der Waals surface area contributed by atoms with Gasteiger partial charge in [0.2, 0.25) is 11.8 Å². The minimum atomic E-state index is -0.734. The Morgan fingerprint density at radius 2 is 2.22 bits per heavy atom. The molecule has 1 amide bonds. The summed E-state index contributed by atoms with van der Waals surface area (Å²) in [5.41, 5.74) is 0. The highest BCUT2D eigenvalue weighted by molar-refractivity contribution is 6.35. The van der Waals surface area contributed by atoms with Crippen LogP contribution in [0.4, 0.5) is 0 Å². The number of hydrazone groups is 1. The maximum Gasteiger partial charge on any atom is 0.254 e. The van der Waals surface area contributed by atoms with Crippen LogP contribution in [0.25, 0.3) is 0 Å². The molecule has 8 heteroatoms. The highest BCUT2D eigenvalue weighted by Crippen LogP contribution is 2.30. The average molecular weight is 355 g/mol. The summed E-state index contributed by atoms with van der Waals surface area (Å²) in [5.74, 6) is 0.889. The summed E-state index contributed by atoms with van der Waals surface area (Å²) < 4.78 is 16.5. The van der Waals surface area contributed by atoms with Crippen LogP contribution in [0.1, 0.15) is 18.9 Å². The molecule has 1 aliphatic rings. The first kappa shape index (κ1) is 15.7. The van der Waals surface area contributed by atoms with Crippen molar-refractivity contribution in [2.24, 2.45) is 5.10 Å². The highest BCUT2D eigenvalue weighted by atomic mass is 35.5. The van der Waals surface area contributed by atoms with E-state index in [2.05, 4.69) is 5.10 Å². The van der Waals surface area contributed by atoms with Gasteiger partial charge < -0.3 is 13.9 Å². The van der Waals surface area contributed by atoms with Crippen LogP contribution in [0.5, 0.6) is 5.75 Å². The molecule has 120 valence electrons. The lowest BCUT2D eigenvalue weighted by Crippen LogP contribution is -2.24. The van der Waals surface area contributed by atoms with E-state index >= 15 is 0 Å². The van der Waals surface area contributed by atoms with Crippen molar-refractivity contribution >= 4 is 35.0 Å². The molecule has 0 radical (unpaired) electrons. The minimum absolute atomic E-state index is 0.0162. The van der Waals surface area contributed by atoms with Gasteiger partial charge in [-0.1, -0.05) is 23.2 Å². The number of hydrogen-bond donors (Lipinski definition) is 0. The second kappa shape index (κ2) is 6.52. The standard InChI is InChI=1S/C15H12Cl2N2O4/c1-9(20)19-15(13-3-2-6-21-13)23-14(18-19)8-22-12-5-4-10(16)7-11(12)17/h2-7,15H,8H2,1H3/t15-/m1/s1. The molecule has 0 unspecified atom stereocenters. The number of rotatable bonds is 4. The van der Waals surface area contributed by atoms with Crippen LogP contribution in [0, 0.1) is 0 Å². The second-order valence-electron chi connectivity index (χ2n) is 4.71. The van der Waals surface area contributed by atoms with Crippen molar-refractivity contribution in [3.8, 4) is 5.75 Å². The van der Waals surface area contributed by atoms with Crippen LogP contribution < -0.4 is 4.74 Å². The Morgan fingerprint density at radius 3 is 2.87 bits per heavy atom. The zero-order chi connectivity index (χ0) is 16.4. The molecule has 3 rings (SSSR count). The second-order valence-corrected chi connectivity index (χ2v) is 5.55. The first-order chi connectivity index (χ1) is 11.0. The largest absolute Gasteiger partial charge is 0.482 e. The van der Waals surface area contributed by atoms with Gasteiger partial charge in [0.05, 0.1) is 11.3 Å².